The molecule has 120 valence electrons. The maximum absolute atomic E-state index is 13.6. The third kappa shape index (κ3) is 3.27. The summed E-state index contributed by atoms with van der Waals surface area (Å²) >= 11 is 0. The number of halogens is 3. The molecule has 0 aliphatic heterocycles. The van der Waals surface area contributed by atoms with Gasteiger partial charge in [-0.1, -0.05) is 37.6 Å². The lowest BCUT2D eigenvalue weighted by Gasteiger charge is -2.04. The monoisotopic (exact) mass is 335 g/mol. The zero-order valence-corrected chi connectivity index (χ0v) is 13.7. The van der Waals surface area contributed by atoms with E-state index < -0.39 is 16.0 Å². The molecule has 23 heavy (non-hydrogen) atoms. The van der Waals surface area contributed by atoms with E-state index in [1.807, 2.05) is 18.2 Å². The Hall–Kier alpha value is -1.81. The molecule has 1 atom stereocenters. The number of thiophene rings is 1. The molecule has 3 aromatic rings. The van der Waals surface area contributed by atoms with Crippen LogP contribution in [0.5, 0.6) is 0 Å². The number of rotatable bonds is 4. The second kappa shape index (κ2) is 6.36. The first kappa shape index (κ1) is 16.1. The van der Waals surface area contributed by atoms with Crippen molar-refractivity contribution in [3.05, 3.63) is 60.2 Å². The minimum Gasteiger partial charge on any atom is -0.118 e. The van der Waals surface area contributed by atoms with Gasteiger partial charge in [-0.25, -0.2) is 0 Å². The van der Waals surface area contributed by atoms with Crippen LogP contribution in [-0.4, -0.2) is 0 Å². The summed E-state index contributed by atoms with van der Waals surface area (Å²) in [6.07, 6.45) is 3.03. The van der Waals surface area contributed by atoms with Crippen LogP contribution in [0.3, 0.4) is 0 Å². The van der Waals surface area contributed by atoms with Crippen LogP contribution in [0, 0.1) is 0 Å². The lowest BCUT2D eigenvalue weighted by atomic mass is 10.0. The number of alkyl halides is 3. The maximum Gasteiger partial charge on any atom is 0.601 e. The molecular formula is C19H18F3S+. The zero-order valence-electron chi connectivity index (χ0n) is 12.9. The number of unbranched alkanes of at least 4 members (excludes halogenated alkanes) is 1. The van der Waals surface area contributed by atoms with E-state index in [1.165, 1.54) is 0 Å². The molecule has 0 fully saturated rings. The van der Waals surface area contributed by atoms with Crippen molar-refractivity contribution in [3.8, 4) is 10.4 Å². The summed E-state index contributed by atoms with van der Waals surface area (Å²) in [5.74, 6) is 0. The van der Waals surface area contributed by atoms with Crippen molar-refractivity contribution in [1.82, 2.24) is 0 Å². The summed E-state index contributed by atoms with van der Waals surface area (Å²) in [7, 11) is -1.86. The van der Waals surface area contributed by atoms with Crippen molar-refractivity contribution in [1.29, 1.82) is 0 Å². The van der Waals surface area contributed by atoms with Gasteiger partial charge >= 0.3 is 5.51 Å². The van der Waals surface area contributed by atoms with Crippen LogP contribution in [0.4, 0.5) is 13.2 Å². The third-order valence-electron chi connectivity index (χ3n) is 3.91. The van der Waals surface area contributed by atoms with Crippen LogP contribution in [0.1, 0.15) is 25.3 Å². The van der Waals surface area contributed by atoms with E-state index in [-0.39, 0.29) is 0 Å². The summed E-state index contributed by atoms with van der Waals surface area (Å²) in [5, 5.41) is 0.683. The fourth-order valence-corrected chi connectivity index (χ4v) is 4.74. The summed E-state index contributed by atoms with van der Waals surface area (Å²) in [5.41, 5.74) is -2.46. The molecule has 0 aliphatic carbocycles. The van der Waals surface area contributed by atoms with Gasteiger partial charge in [-0.15, -0.1) is 13.2 Å². The molecule has 0 bridgehead atoms. The third-order valence-corrected chi connectivity index (χ3v) is 5.98. The molecule has 0 amide bonds. The maximum atomic E-state index is 13.6. The van der Waals surface area contributed by atoms with Gasteiger partial charge in [0.25, 0.3) is 0 Å². The molecule has 0 nitrogen and oxygen atoms in total. The zero-order chi connectivity index (χ0) is 16.4. The molecule has 1 unspecified atom stereocenters. The molecule has 4 heteroatoms. The van der Waals surface area contributed by atoms with E-state index in [2.05, 4.69) is 6.92 Å². The molecule has 0 aliphatic rings. The molecule has 2 aromatic carbocycles. The van der Waals surface area contributed by atoms with Crippen LogP contribution in [0.2, 0.25) is 0 Å². The van der Waals surface area contributed by atoms with E-state index in [1.54, 1.807) is 36.4 Å². The van der Waals surface area contributed by atoms with E-state index >= 15 is 0 Å². The summed E-state index contributed by atoms with van der Waals surface area (Å²) in [6, 6.07) is 16.1. The van der Waals surface area contributed by atoms with Crippen LogP contribution in [-0.2, 0) is 11.9 Å². The Morgan fingerprint density at radius 2 is 1.74 bits per heavy atom. The van der Waals surface area contributed by atoms with Crippen molar-refractivity contribution in [2.75, 3.05) is 0 Å². The van der Waals surface area contributed by atoms with E-state index in [0.717, 1.165) is 24.8 Å². The van der Waals surface area contributed by atoms with Gasteiger partial charge in [-0.2, -0.15) is 0 Å². The predicted octanol–water partition coefficient (Wildman–Crippen LogP) is 7.07. The molecule has 0 saturated heterocycles. The second-order valence-electron chi connectivity index (χ2n) is 5.60. The predicted molar refractivity (Wildman–Crippen MR) is 91.8 cm³/mol. The SMILES string of the molecule is CCCCc1cccc(-c2cc3ccccc3[s+]2C(F)(F)F)c1. The van der Waals surface area contributed by atoms with Crippen molar-refractivity contribution in [2.24, 2.45) is 0 Å². The fraction of sp³-hybridized carbons (Fsp3) is 0.263. The molecular weight excluding hydrogens is 317 g/mol. The van der Waals surface area contributed by atoms with Gasteiger partial charge in [0.15, 0.2) is 9.58 Å². The Labute approximate surface area is 136 Å². The lowest BCUT2D eigenvalue weighted by molar-refractivity contribution is -0.0864. The van der Waals surface area contributed by atoms with Crippen molar-refractivity contribution in [3.63, 3.8) is 0 Å². The number of fused-ring (bicyclic) bond motifs is 1. The van der Waals surface area contributed by atoms with E-state index in [9.17, 15) is 13.2 Å². The second-order valence-corrected chi connectivity index (χ2v) is 7.56. The Morgan fingerprint density at radius 3 is 2.48 bits per heavy atom. The van der Waals surface area contributed by atoms with E-state index in [0.29, 0.717) is 20.5 Å². The minimum atomic E-state index is -4.25. The first-order valence-electron chi connectivity index (χ1n) is 7.72. The van der Waals surface area contributed by atoms with Gasteiger partial charge in [-0.05, 0) is 42.7 Å². The van der Waals surface area contributed by atoms with Crippen molar-refractivity contribution < 1.29 is 13.2 Å². The Balaban J connectivity index is 2.16. The number of hydrogen-bond acceptors (Lipinski definition) is 0. The minimum absolute atomic E-state index is 0.383. The summed E-state index contributed by atoms with van der Waals surface area (Å²) in [4.78, 5) is 0.386. The Morgan fingerprint density at radius 1 is 0.957 bits per heavy atom. The highest BCUT2D eigenvalue weighted by atomic mass is 32.2. The van der Waals surface area contributed by atoms with Gasteiger partial charge < -0.3 is 0 Å². The van der Waals surface area contributed by atoms with Crippen LogP contribution in [0.15, 0.2) is 54.6 Å². The average molecular weight is 335 g/mol. The van der Waals surface area contributed by atoms with Gasteiger partial charge in [-0.3, -0.25) is 0 Å². The average Bonchev–Trinajstić information content (AvgIpc) is 2.93. The molecule has 1 aromatic heterocycles. The van der Waals surface area contributed by atoms with Gasteiger partial charge in [0.1, 0.15) is 10.5 Å². The number of benzene rings is 2. The van der Waals surface area contributed by atoms with Crippen molar-refractivity contribution in [2.45, 2.75) is 31.7 Å². The summed E-state index contributed by atoms with van der Waals surface area (Å²) in [6.45, 7) is 2.11. The normalized spacial score (nSPS) is 12.8. The standard InChI is InChI=1S/C19H18F3S/c1-2-3-7-14-8-6-10-15(12-14)18-13-16-9-4-5-11-17(16)23(18)19(20,21)22/h4-6,8-13H,2-3,7H2,1H3/q+1. The Bertz CT molecular complexity index is 815. The molecule has 0 radical (unpaired) electrons. The largest absolute Gasteiger partial charge is 0.601 e. The Kier molecular flexibility index (Phi) is 4.44. The van der Waals surface area contributed by atoms with E-state index in [4.69, 9.17) is 0 Å². The highest BCUT2D eigenvalue weighted by Gasteiger charge is 2.48. The fourth-order valence-electron chi connectivity index (χ4n) is 2.82. The highest BCUT2D eigenvalue weighted by Crippen LogP contribution is 2.54. The quantitative estimate of drug-likeness (QED) is 0.447. The van der Waals surface area contributed by atoms with Gasteiger partial charge in [0, 0.05) is 17.0 Å². The van der Waals surface area contributed by atoms with Crippen LogP contribution >= 0.6 is 10.5 Å². The molecule has 0 spiro atoms. The summed E-state index contributed by atoms with van der Waals surface area (Å²) < 4.78 is 41.3. The van der Waals surface area contributed by atoms with Crippen LogP contribution in [0.25, 0.3) is 20.5 Å². The number of hydrogen-bond donors (Lipinski definition) is 0. The molecule has 0 saturated carbocycles. The topological polar surface area (TPSA) is 0 Å². The van der Waals surface area contributed by atoms with Gasteiger partial charge in [0.2, 0.25) is 0 Å². The smallest absolute Gasteiger partial charge is 0.118 e. The molecule has 1 heterocycles. The number of aryl methyl sites for hydroxylation is 1. The molecule has 0 N–H and O–H groups in total. The lowest BCUT2D eigenvalue weighted by Crippen LogP contribution is -1.96. The van der Waals surface area contributed by atoms with Crippen molar-refractivity contribution >= 4 is 20.6 Å². The van der Waals surface area contributed by atoms with Crippen LogP contribution < -0.4 is 0 Å². The van der Waals surface area contributed by atoms with Gasteiger partial charge in [0.05, 0.1) is 0 Å². The highest BCUT2D eigenvalue weighted by molar-refractivity contribution is 7.41. The first-order chi connectivity index (χ1) is 11.0. The molecule has 3 rings (SSSR count). The first-order valence-corrected chi connectivity index (χ1v) is 8.94.